The van der Waals surface area contributed by atoms with Crippen LogP contribution in [0.4, 0.5) is 0 Å². The Balaban J connectivity index is 2.55. The number of benzene rings is 1. The normalized spacial score (nSPS) is 11.1. The minimum Gasteiger partial charge on any atom is -0.382 e. The maximum Gasteiger partial charge on any atom is 0.269 e. The summed E-state index contributed by atoms with van der Waals surface area (Å²) < 4.78 is 8.65. The van der Waals surface area contributed by atoms with Crippen LogP contribution in [-0.4, -0.2) is 17.8 Å². The third kappa shape index (κ3) is 4.90. The number of nitriles is 2. The predicted octanol–water partition coefficient (Wildman–Crippen LogP) is 2.13. The number of hydrogen-bond acceptors (Lipinski definition) is 5. The third-order valence-electron chi connectivity index (χ3n) is 3.39. The summed E-state index contributed by atoms with van der Waals surface area (Å²) in [5.74, 6) is 0. The highest BCUT2D eigenvalue weighted by atomic mass is 79.9. The molecule has 0 radical (unpaired) electrons. The van der Waals surface area contributed by atoms with Crippen LogP contribution in [0.5, 0.6) is 0 Å². The molecule has 0 aliphatic carbocycles. The van der Waals surface area contributed by atoms with Gasteiger partial charge in [0.2, 0.25) is 0 Å². The van der Waals surface area contributed by atoms with Gasteiger partial charge < -0.3 is 4.74 Å². The number of halogens is 1. The van der Waals surface area contributed by atoms with Gasteiger partial charge in [-0.1, -0.05) is 28.1 Å². The van der Waals surface area contributed by atoms with Crippen LogP contribution >= 0.6 is 27.3 Å². The quantitative estimate of drug-likeness (QED) is 0.674. The van der Waals surface area contributed by atoms with Gasteiger partial charge in [-0.2, -0.15) is 10.5 Å². The van der Waals surface area contributed by atoms with E-state index in [1.807, 2.05) is 43.3 Å². The molecule has 5 nitrogen and oxygen atoms in total. The highest BCUT2D eigenvalue weighted by Gasteiger charge is 2.09. The number of hydrogen-bond donors (Lipinski definition) is 0. The molecule has 0 saturated carbocycles. The Morgan fingerprint density at radius 3 is 2.60 bits per heavy atom. The van der Waals surface area contributed by atoms with Gasteiger partial charge in [-0.15, -0.1) is 11.3 Å². The van der Waals surface area contributed by atoms with E-state index in [9.17, 15) is 15.3 Å². The fourth-order valence-corrected chi connectivity index (χ4v) is 3.55. The van der Waals surface area contributed by atoms with Gasteiger partial charge >= 0.3 is 0 Å². The fraction of sp³-hybridized carbons (Fsp3) is 0.278. The predicted molar refractivity (Wildman–Crippen MR) is 101 cm³/mol. The van der Waals surface area contributed by atoms with Gasteiger partial charge in [-0.05, 0) is 37.1 Å². The number of rotatable bonds is 6. The summed E-state index contributed by atoms with van der Waals surface area (Å²) in [7, 11) is 0. The lowest BCUT2D eigenvalue weighted by molar-refractivity contribution is 0.141. The van der Waals surface area contributed by atoms with Crippen molar-refractivity contribution in [1.29, 1.82) is 10.5 Å². The lowest BCUT2D eigenvalue weighted by Crippen LogP contribution is -2.32. The number of ether oxygens (including phenoxy) is 1. The molecular weight excluding hydrogens is 402 g/mol. The third-order valence-corrected chi connectivity index (χ3v) is 5.05. The van der Waals surface area contributed by atoms with E-state index >= 15 is 0 Å². The first-order valence-corrected chi connectivity index (χ1v) is 9.30. The Morgan fingerprint density at radius 1 is 1.32 bits per heavy atom. The molecule has 0 fully saturated rings. The Kier molecular flexibility index (Phi) is 7.15. The standard InChI is InChI=1S/C18H16BrN3O2S/c1-2-24-9-3-8-22-17(23)16(25-18(22)14(11-20)12-21)10-13-4-6-15(19)7-5-13/h4-7,10H,2-3,8-9H2,1H3/b16-10+. The molecular formula is C18H16BrN3O2S. The van der Waals surface area contributed by atoms with E-state index in [-0.39, 0.29) is 11.1 Å². The summed E-state index contributed by atoms with van der Waals surface area (Å²) in [6, 6.07) is 11.3. The van der Waals surface area contributed by atoms with E-state index in [0.29, 0.717) is 35.4 Å². The van der Waals surface area contributed by atoms with Crippen LogP contribution in [0.1, 0.15) is 18.9 Å². The minimum atomic E-state index is -0.192. The van der Waals surface area contributed by atoms with E-state index in [4.69, 9.17) is 4.74 Å². The second kappa shape index (κ2) is 9.33. The van der Waals surface area contributed by atoms with Crippen LogP contribution in [0.15, 0.2) is 33.5 Å². The van der Waals surface area contributed by atoms with E-state index < -0.39 is 0 Å². The Hall–Kier alpha value is -2.19. The molecule has 128 valence electrons. The molecule has 1 aromatic heterocycles. The van der Waals surface area contributed by atoms with Gasteiger partial charge in [-0.3, -0.25) is 9.36 Å². The first-order valence-electron chi connectivity index (χ1n) is 7.70. The van der Waals surface area contributed by atoms with E-state index in [1.165, 1.54) is 15.9 Å². The largest absolute Gasteiger partial charge is 0.382 e. The summed E-state index contributed by atoms with van der Waals surface area (Å²) in [5.41, 5.74) is 0.640. The monoisotopic (exact) mass is 417 g/mol. The minimum absolute atomic E-state index is 0.0473. The summed E-state index contributed by atoms with van der Waals surface area (Å²) in [6.07, 6.45) is 2.41. The lowest BCUT2D eigenvalue weighted by Gasteiger charge is -2.02. The maximum absolute atomic E-state index is 12.7. The van der Waals surface area contributed by atoms with E-state index in [2.05, 4.69) is 15.9 Å². The van der Waals surface area contributed by atoms with Crippen LogP contribution < -0.4 is 14.8 Å². The van der Waals surface area contributed by atoms with Gasteiger partial charge in [-0.25, -0.2) is 0 Å². The van der Waals surface area contributed by atoms with Crippen molar-refractivity contribution in [2.75, 3.05) is 13.2 Å². The number of thiazole rings is 1. The average molecular weight is 418 g/mol. The Morgan fingerprint density at radius 2 is 2.00 bits per heavy atom. The van der Waals surface area contributed by atoms with Gasteiger partial charge in [0.25, 0.3) is 5.56 Å². The zero-order valence-electron chi connectivity index (χ0n) is 13.7. The van der Waals surface area contributed by atoms with Crippen LogP contribution in [0.3, 0.4) is 0 Å². The first-order chi connectivity index (χ1) is 12.1. The zero-order chi connectivity index (χ0) is 18.2. The smallest absolute Gasteiger partial charge is 0.269 e. The molecule has 1 heterocycles. The molecule has 0 saturated heterocycles. The summed E-state index contributed by atoms with van der Waals surface area (Å²) in [5, 5.41) is 18.4. The van der Waals surface area contributed by atoms with E-state index in [1.54, 1.807) is 6.08 Å². The van der Waals surface area contributed by atoms with Crippen molar-refractivity contribution in [3.05, 3.63) is 53.9 Å². The van der Waals surface area contributed by atoms with Crippen molar-refractivity contribution in [2.45, 2.75) is 19.9 Å². The van der Waals surface area contributed by atoms with Crippen molar-refractivity contribution < 1.29 is 4.74 Å². The zero-order valence-corrected chi connectivity index (χ0v) is 16.1. The topological polar surface area (TPSA) is 78.8 Å². The van der Waals surface area contributed by atoms with Crippen LogP contribution in [0, 0.1) is 22.7 Å². The SMILES string of the molecule is CCOCCCn1c(=C(C#N)C#N)s/c(=C/c2ccc(Br)cc2)c1=O. The molecule has 0 spiro atoms. The Labute approximate surface area is 157 Å². The summed E-state index contributed by atoms with van der Waals surface area (Å²) >= 11 is 4.54. The molecule has 0 aliphatic rings. The highest BCUT2D eigenvalue weighted by molar-refractivity contribution is 9.10. The molecule has 0 unspecified atom stereocenters. The average Bonchev–Trinajstić information content (AvgIpc) is 2.91. The molecule has 7 heteroatoms. The molecule has 25 heavy (non-hydrogen) atoms. The highest BCUT2D eigenvalue weighted by Crippen LogP contribution is 2.10. The number of aromatic nitrogens is 1. The molecule has 0 N–H and O–H groups in total. The van der Waals surface area contributed by atoms with Gasteiger partial charge in [0, 0.05) is 24.2 Å². The summed E-state index contributed by atoms with van der Waals surface area (Å²) in [6.45, 7) is 3.45. The molecule has 0 amide bonds. The second-order valence-electron chi connectivity index (χ2n) is 5.07. The fourth-order valence-electron chi connectivity index (χ4n) is 2.21. The van der Waals surface area contributed by atoms with Gasteiger partial charge in [0.1, 0.15) is 16.8 Å². The molecule has 2 rings (SSSR count). The Bertz CT molecular complexity index is 975. The van der Waals surface area contributed by atoms with Gasteiger partial charge in [0.15, 0.2) is 5.57 Å². The van der Waals surface area contributed by atoms with Crippen molar-refractivity contribution in [2.24, 2.45) is 0 Å². The second-order valence-corrected chi connectivity index (χ2v) is 7.02. The van der Waals surface area contributed by atoms with Crippen molar-refractivity contribution >= 4 is 38.9 Å². The molecule has 0 aliphatic heterocycles. The summed E-state index contributed by atoms with van der Waals surface area (Å²) in [4.78, 5) is 12.7. The molecule has 1 aromatic carbocycles. The van der Waals surface area contributed by atoms with Crippen LogP contribution in [0.2, 0.25) is 0 Å². The van der Waals surface area contributed by atoms with Crippen molar-refractivity contribution in [3.8, 4) is 12.1 Å². The first kappa shape index (κ1) is 19.1. The van der Waals surface area contributed by atoms with E-state index in [0.717, 1.165) is 10.0 Å². The van der Waals surface area contributed by atoms with Crippen molar-refractivity contribution in [3.63, 3.8) is 0 Å². The van der Waals surface area contributed by atoms with Crippen LogP contribution in [0.25, 0.3) is 11.6 Å². The van der Waals surface area contributed by atoms with Crippen LogP contribution in [-0.2, 0) is 11.3 Å². The number of nitrogens with zero attached hydrogens (tertiary/aromatic N) is 3. The lowest BCUT2D eigenvalue weighted by atomic mass is 10.2. The molecule has 2 aromatic rings. The molecule has 0 bridgehead atoms. The van der Waals surface area contributed by atoms with Crippen molar-refractivity contribution in [1.82, 2.24) is 4.57 Å². The maximum atomic E-state index is 12.7. The van der Waals surface area contributed by atoms with Gasteiger partial charge in [0.05, 0.1) is 4.53 Å². The molecule has 0 atom stereocenters.